The highest BCUT2D eigenvalue weighted by molar-refractivity contribution is 6.61. The zero-order valence-electron chi connectivity index (χ0n) is 4.43. The van der Waals surface area contributed by atoms with Crippen LogP contribution in [0.25, 0.3) is 0 Å². The van der Waals surface area contributed by atoms with Crippen molar-refractivity contribution in [2.75, 3.05) is 6.61 Å². The largest absolute Gasteiger partial charge is 0.448 e. The van der Waals surface area contributed by atoms with Gasteiger partial charge in [-0.1, -0.05) is 0 Å². The van der Waals surface area contributed by atoms with Gasteiger partial charge in [0.1, 0.15) is 6.10 Å². The predicted octanol–water partition coefficient (Wildman–Crippen LogP) is 0.743. The van der Waals surface area contributed by atoms with E-state index in [1.807, 2.05) is 0 Å². The van der Waals surface area contributed by atoms with Gasteiger partial charge < -0.3 is 9.84 Å². The molecular formula is C4H7ClO3. The van der Waals surface area contributed by atoms with Gasteiger partial charge in [-0.2, -0.15) is 0 Å². The average molecular weight is 139 g/mol. The van der Waals surface area contributed by atoms with Gasteiger partial charge in [-0.15, -0.1) is 0 Å². The van der Waals surface area contributed by atoms with Crippen LogP contribution in [0.3, 0.4) is 0 Å². The van der Waals surface area contributed by atoms with Crippen molar-refractivity contribution in [2.24, 2.45) is 0 Å². The molecule has 0 rings (SSSR count). The summed E-state index contributed by atoms with van der Waals surface area (Å²) in [5, 5.41) is 8.25. The molecule has 1 N–H and O–H groups in total. The van der Waals surface area contributed by atoms with Gasteiger partial charge in [0.25, 0.3) is 0 Å². The molecule has 0 saturated carbocycles. The van der Waals surface area contributed by atoms with Crippen LogP contribution in [-0.4, -0.2) is 23.2 Å². The smallest absolute Gasteiger partial charge is 0.404 e. The minimum absolute atomic E-state index is 0.196. The molecule has 0 fully saturated rings. The van der Waals surface area contributed by atoms with E-state index >= 15 is 0 Å². The van der Waals surface area contributed by atoms with Crippen molar-refractivity contribution in [3.05, 3.63) is 0 Å². The lowest BCUT2D eigenvalue weighted by atomic mass is 10.4. The molecule has 0 bridgehead atoms. The third-order valence-electron chi connectivity index (χ3n) is 0.551. The summed E-state index contributed by atoms with van der Waals surface area (Å²) >= 11 is 4.78. The van der Waals surface area contributed by atoms with Crippen molar-refractivity contribution in [3.8, 4) is 0 Å². The number of rotatable bonds is 2. The minimum atomic E-state index is -0.883. The number of aliphatic hydroxyl groups excluding tert-OH is 1. The molecule has 3 nitrogen and oxygen atoms in total. The molecule has 0 heterocycles. The SMILES string of the molecule is C[C@H](CO)OC(=O)Cl. The van der Waals surface area contributed by atoms with Crippen LogP contribution in [0, 0.1) is 0 Å². The first kappa shape index (κ1) is 7.72. The first-order chi connectivity index (χ1) is 3.66. The van der Waals surface area contributed by atoms with Crippen molar-refractivity contribution in [1.82, 2.24) is 0 Å². The van der Waals surface area contributed by atoms with Crippen LogP contribution in [0.2, 0.25) is 0 Å². The van der Waals surface area contributed by atoms with Crippen LogP contribution in [0.5, 0.6) is 0 Å². The highest BCUT2D eigenvalue weighted by atomic mass is 35.5. The van der Waals surface area contributed by atoms with Crippen molar-refractivity contribution >= 4 is 17.0 Å². The molecule has 8 heavy (non-hydrogen) atoms. The summed E-state index contributed by atoms with van der Waals surface area (Å²) in [6.07, 6.45) is -0.500. The predicted molar refractivity (Wildman–Crippen MR) is 28.9 cm³/mol. The maximum absolute atomic E-state index is 9.85. The Morgan fingerprint density at radius 2 is 2.50 bits per heavy atom. The summed E-state index contributed by atoms with van der Waals surface area (Å²) < 4.78 is 4.28. The monoisotopic (exact) mass is 138 g/mol. The molecular weight excluding hydrogens is 131 g/mol. The lowest BCUT2D eigenvalue weighted by Gasteiger charge is -2.04. The second-order valence-corrected chi connectivity index (χ2v) is 1.66. The van der Waals surface area contributed by atoms with E-state index < -0.39 is 11.5 Å². The maximum atomic E-state index is 9.85. The summed E-state index contributed by atoms with van der Waals surface area (Å²) in [7, 11) is 0. The summed E-state index contributed by atoms with van der Waals surface area (Å²) in [4.78, 5) is 9.85. The zero-order valence-corrected chi connectivity index (χ0v) is 5.18. The Morgan fingerprint density at radius 3 is 2.62 bits per heavy atom. The Bertz CT molecular complexity index is 83.4. The van der Waals surface area contributed by atoms with E-state index in [2.05, 4.69) is 4.74 Å². The van der Waals surface area contributed by atoms with Gasteiger partial charge in [0, 0.05) is 11.6 Å². The van der Waals surface area contributed by atoms with Crippen LogP contribution in [-0.2, 0) is 4.74 Å². The Hall–Kier alpha value is -0.280. The maximum Gasteiger partial charge on any atom is 0.404 e. The zero-order chi connectivity index (χ0) is 6.57. The lowest BCUT2D eigenvalue weighted by Crippen LogP contribution is -2.13. The normalized spacial score (nSPS) is 12.9. The summed E-state index contributed by atoms with van der Waals surface area (Å²) in [5.41, 5.74) is -0.883. The molecule has 48 valence electrons. The molecule has 0 spiro atoms. The second-order valence-electron chi connectivity index (χ2n) is 1.35. The van der Waals surface area contributed by atoms with Crippen LogP contribution in [0.1, 0.15) is 6.92 Å². The number of carbonyl (C=O) groups is 1. The Labute approximate surface area is 52.2 Å². The molecule has 0 aromatic rings. The van der Waals surface area contributed by atoms with Gasteiger partial charge in [-0.05, 0) is 6.92 Å². The highest BCUT2D eigenvalue weighted by Gasteiger charge is 2.02. The molecule has 0 aromatic carbocycles. The number of hydrogen-bond donors (Lipinski definition) is 1. The lowest BCUT2D eigenvalue weighted by molar-refractivity contribution is 0.0852. The fraction of sp³-hybridized carbons (Fsp3) is 0.750. The average Bonchev–Trinajstić information content (AvgIpc) is 1.65. The first-order valence-corrected chi connectivity index (χ1v) is 2.51. The Kier molecular flexibility index (Phi) is 3.56. The van der Waals surface area contributed by atoms with Crippen LogP contribution in [0.4, 0.5) is 4.79 Å². The topological polar surface area (TPSA) is 46.5 Å². The summed E-state index contributed by atoms with van der Waals surface area (Å²) in [6, 6.07) is 0. The molecule has 0 aliphatic carbocycles. The molecule has 0 radical (unpaired) electrons. The van der Waals surface area contributed by atoms with Crippen LogP contribution in [0.15, 0.2) is 0 Å². The number of hydrogen-bond acceptors (Lipinski definition) is 3. The molecule has 0 aliphatic rings. The third-order valence-corrected chi connectivity index (χ3v) is 0.640. The van der Waals surface area contributed by atoms with E-state index in [0.29, 0.717) is 0 Å². The van der Waals surface area contributed by atoms with Gasteiger partial charge in [-0.3, -0.25) is 0 Å². The van der Waals surface area contributed by atoms with Crippen LogP contribution >= 0.6 is 11.6 Å². The van der Waals surface area contributed by atoms with E-state index in [1.165, 1.54) is 0 Å². The van der Waals surface area contributed by atoms with Gasteiger partial charge in [-0.25, -0.2) is 4.79 Å². The fourth-order valence-electron chi connectivity index (χ4n) is 0.195. The second kappa shape index (κ2) is 3.69. The number of aliphatic hydroxyl groups is 1. The first-order valence-electron chi connectivity index (χ1n) is 2.13. The van der Waals surface area contributed by atoms with Gasteiger partial charge >= 0.3 is 5.43 Å². The number of carbonyl (C=O) groups excluding carboxylic acids is 1. The van der Waals surface area contributed by atoms with Gasteiger partial charge in [0.05, 0.1) is 6.61 Å². The molecule has 0 saturated heterocycles. The van der Waals surface area contributed by atoms with E-state index in [4.69, 9.17) is 16.7 Å². The standard InChI is InChI=1S/C4H7ClO3/c1-3(2-6)8-4(5)7/h3,6H,2H2,1H3/t3-/m1/s1. The molecule has 1 atom stereocenters. The summed E-state index contributed by atoms with van der Waals surface area (Å²) in [6.45, 7) is 1.35. The minimum Gasteiger partial charge on any atom is -0.448 e. The highest BCUT2D eigenvalue weighted by Crippen LogP contribution is 1.93. The van der Waals surface area contributed by atoms with E-state index in [1.54, 1.807) is 6.92 Å². The van der Waals surface area contributed by atoms with Crippen molar-refractivity contribution < 1.29 is 14.6 Å². The molecule has 0 amide bonds. The molecule has 0 aliphatic heterocycles. The number of halogens is 1. The summed E-state index contributed by atoms with van der Waals surface area (Å²) in [5.74, 6) is 0. The quantitative estimate of drug-likeness (QED) is 0.573. The van der Waals surface area contributed by atoms with E-state index in [-0.39, 0.29) is 6.61 Å². The van der Waals surface area contributed by atoms with Crippen molar-refractivity contribution in [3.63, 3.8) is 0 Å². The van der Waals surface area contributed by atoms with E-state index in [9.17, 15) is 4.79 Å². The number of ether oxygens (including phenoxy) is 1. The van der Waals surface area contributed by atoms with Gasteiger partial charge in [0.15, 0.2) is 0 Å². The van der Waals surface area contributed by atoms with Gasteiger partial charge in [0.2, 0.25) is 0 Å². The van der Waals surface area contributed by atoms with E-state index in [0.717, 1.165) is 0 Å². The third kappa shape index (κ3) is 3.89. The molecule has 4 heteroatoms. The fourth-order valence-corrected chi connectivity index (χ4v) is 0.348. The molecule has 0 unspecified atom stereocenters. The Balaban J connectivity index is 3.24. The van der Waals surface area contributed by atoms with Crippen molar-refractivity contribution in [1.29, 1.82) is 0 Å². The Morgan fingerprint density at radius 1 is 2.00 bits per heavy atom. The van der Waals surface area contributed by atoms with Crippen molar-refractivity contribution in [2.45, 2.75) is 13.0 Å². The molecule has 0 aromatic heterocycles. The van der Waals surface area contributed by atoms with Crippen LogP contribution < -0.4 is 0 Å².